The zero-order valence-corrected chi connectivity index (χ0v) is 34.4. The van der Waals surface area contributed by atoms with Gasteiger partial charge in [0.25, 0.3) is 0 Å². The second-order valence-corrected chi connectivity index (χ2v) is 16.4. The summed E-state index contributed by atoms with van der Waals surface area (Å²) < 4.78 is 42.3. The van der Waals surface area contributed by atoms with Gasteiger partial charge >= 0.3 is 0 Å². The third kappa shape index (κ3) is 5.56. The topological polar surface area (TPSA) is 3.24 Å². The minimum atomic E-state index is -0.551. The Morgan fingerprint density at radius 2 is 0.571 bits per heavy atom. The first-order chi connectivity index (χ1) is 33.3. The number of hydrogen-bond acceptors (Lipinski definition) is 1. The summed E-state index contributed by atoms with van der Waals surface area (Å²) in [5.74, 6) is 0. The largest absolute Gasteiger partial charge is 0.311 e. The third-order valence-corrected chi connectivity index (χ3v) is 13.3. The van der Waals surface area contributed by atoms with Gasteiger partial charge in [0.05, 0.1) is 17.7 Å². The summed E-state index contributed by atoms with van der Waals surface area (Å²) in [5.41, 5.74) is 17.0. The van der Waals surface area contributed by atoms with E-state index in [2.05, 4.69) is 211 Å². The normalized spacial score (nSPS) is 14.8. The van der Waals surface area contributed by atoms with E-state index in [-0.39, 0.29) is 29.7 Å². The van der Waals surface area contributed by atoms with Crippen LogP contribution in [0.5, 0.6) is 0 Å². The van der Waals surface area contributed by atoms with Crippen LogP contribution in [0.1, 0.15) is 51.4 Å². The van der Waals surface area contributed by atoms with Crippen molar-refractivity contribution in [1.82, 2.24) is 0 Å². The molecule has 12 rings (SSSR count). The molecule has 0 bridgehead atoms. The minimum absolute atomic E-state index is 0.175. The lowest BCUT2D eigenvalue weighted by Gasteiger charge is -2.35. The van der Waals surface area contributed by atoms with Crippen molar-refractivity contribution in [3.63, 3.8) is 0 Å². The van der Waals surface area contributed by atoms with Crippen LogP contribution in [0, 0.1) is 0 Å². The highest BCUT2D eigenvalue weighted by Gasteiger charge is 2.47. The first-order valence-electron chi connectivity index (χ1n) is 24.0. The zero-order valence-electron chi connectivity index (χ0n) is 39.4. The molecule has 10 aromatic rings. The summed E-state index contributed by atoms with van der Waals surface area (Å²) in [6.45, 7) is 0. The van der Waals surface area contributed by atoms with E-state index in [0.717, 1.165) is 28.2 Å². The average Bonchev–Trinajstić information content (AvgIpc) is 3.88. The molecular weight excluding hydrogens is 759 g/mol. The summed E-state index contributed by atoms with van der Waals surface area (Å²) in [6.07, 6.45) is 0. The van der Waals surface area contributed by atoms with Crippen LogP contribution in [0.2, 0.25) is 0 Å². The monoisotopic (exact) mass is 806 g/mol. The summed E-state index contributed by atoms with van der Waals surface area (Å²) in [4.78, 5) is 2.23. The van der Waals surface area contributed by atoms with Gasteiger partial charge in [0.2, 0.25) is 0 Å². The highest BCUT2D eigenvalue weighted by molar-refractivity contribution is 5.88. The van der Waals surface area contributed by atoms with Gasteiger partial charge in [-0.15, -0.1) is 0 Å². The molecule has 0 saturated carbocycles. The van der Waals surface area contributed by atoms with Gasteiger partial charge in [-0.1, -0.05) is 224 Å². The molecule has 0 amide bonds. The number of nitrogens with zero attached hydrogens (tertiary/aromatic N) is 1. The van der Waals surface area contributed by atoms with Crippen LogP contribution in [0.3, 0.4) is 0 Å². The van der Waals surface area contributed by atoms with E-state index in [1.54, 1.807) is 0 Å². The minimum Gasteiger partial charge on any atom is -0.311 e. The van der Waals surface area contributed by atoms with E-state index in [9.17, 15) is 0 Å². The molecule has 10 aromatic carbocycles. The average molecular weight is 807 g/mol. The van der Waals surface area contributed by atoms with Gasteiger partial charge in [-0.05, 0) is 114 Å². The van der Waals surface area contributed by atoms with Crippen LogP contribution in [-0.4, -0.2) is 0 Å². The molecule has 1 heteroatoms. The predicted molar refractivity (Wildman–Crippen MR) is 261 cm³/mol. The Hall–Kier alpha value is -8.00. The van der Waals surface area contributed by atoms with Crippen LogP contribution in [0.15, 0.2) is 261 Å². The standard InChI is InChI=1S/C62H43N/c1-4-18-44(19-5-1)45-32-38-50(39-33-45)63(51-40-34-48(35-41-51)61(46-20-6-2-7-21-46)57-28-14-10-24-53(57)54-25-11-15-29-58(54)61)52-42-36-49(37-43-52)62(47-22-8-3-9-23-47)59-30-16-12-26-55(59)56-27-13-17-31-60(56)62/h1-43H/i1D,4D,5D,18D,19D. The lowest BCUT2D eigenvalue weighted by molar-refractivity contribution is 0.768. The quantitative estimate of drug-likeness (QED) is 0.148. The molecule has 296 valence electrons. The number of hydrogen-bond donors (Lipinski definition) is 0. The Balaban J connectivity index is 1.03. The maximum atomic E-state index is 8.72. The molecule has 0 unspecified atom stereocenters. The first kappa shape index (κ1) is 31.8. The lowest BCUT2D eigenvalue weighted by atomic mass is 9.67. The Labute approximate surface area is 376 Å². The Morgan fingerprint density at radius 3 is 0.937 bits per heavy atom. The highest BCUT2D eigenvalue weighted by atomic mass is 15.1. The van der Waals surface area contributed by atoms with Gasteiger partial charge in [-0.2, -0.15) is 0 Å². The van der Waals surface area contributed by atoms with Crippen LogP contribution in [0.25, 0.3) is 33.4 Å². The molecule has 2 aliphatic carbocycles. The second-order valence-electron chi connectivity index (χ2n) is 16.4. The Bertz CT molecular complexity index is 3250. The van der Waals surface area contributed by atoms with Crippen molar-refractivity contribution in [2.45, 2.75) is 10.8 Å². The molecule has 2 aliphatic rings. The predicted octanol–water partition coefficient (Wildman–Crippen LogP) is 15.5. The fraction of sp³-hybridized carbons (Fsp3) is 0.0323. The fourth-order valence-electron chi connectivity index (χ4n) is 10.8. The van der Waals surface area contributed by atoms with Gasteiger partial charge in [-0.3, -0.25) is 0 Å². The maximum Gasteiger partial charge on any atom is 0.0713 e. The summed E-state index contributed by atoms with van der Waals surface area (Å²) in [6, 6.07) is 80.6. The molecule has 0 fully saturated rings. The zero-order chi connectivity index (χ0) is 46.1. The molecule has 0 N–H and O–H groups in total. The number of benzene rings is 10. The van der Waals surface area contributed by atoms with Crippen LogP contribution < -0.4 is 4.90 Å². The molecule has 0 atom stereocenters. The molecule has 0 heterocycles. The van der Waals surface area contributed by atoms with E-state index < -0.39 is 16.9 Å². The molecule has 1 nitrogen and oxygen atoms in total. The van der Waals surface area contributed by atoms with Crippen molar-refractivity contribution < 1.29 is 6.85 Å². The summed E-state index contributed by atoms with van der Waals surface area (Å²) >= 11 is 0. The van der Waals surface area contributed by atoms with Gasteiger partial charge in [-0.25, -0.2) is 0 Å². The Kier molecular flexibility index (Phi) is 7.51. The number of anilines is 3. The highest BCUT2D eigenvalue weighted by Crippen LogP contribution is 2.58. The molecule has 63 heavy (non-hydrogen) atoms. The maximum absolute atomic E-state index is 8.72. The van der Waals surface area contributed by atoms with E-state index >= 15 is 0 Å². The van der Waals surface area contributed by atoms with E-state index in [0.29, 0.717) is 5.56 Å². The smallest absolute Gasteiger partial charge is 0.0713 e. The van der Waals surface area contributed by atoms with Crippen LogP contribution >= 0.6 is 0 Å². The molecule has 0 spiro atoms. The molecule has 0 radical (unpaired) electrons. The molecule has 0 aromatic heterocycles. The lowest BCUT2D eigenvalue weighted by Crippen LogP contribution is -2.28. The summed E-state index contributed by atoms with van der Waals surface area (Å²) in [5, 5.41) is 0. The van der Waals surface area contributed by atoms with Crippen molar-refractivity contribution in [2.75, 3.05) is 4.90 Å². The second kappa shape index (κ2) is 14.9. The van der Waals surface area contributed by atoms with Crippen molar-refractivity contribution >= 4 is 17.1 Å². The Morgan fingerprint density at radius 1 is 0.270 bits per heavy atom. The van der Waals surface area contributed by atoms with Crippen molar-refractivity contribution in [2.24, 2.45) is 0 Å². The van der Waals surface area contributed by atoms with Crippen molar-refractivity contribution in [3.8, 4) is 33.4 Å². The van der Waals surface area contributed by atoms with Gasteiger partial charge in [0.15, 0.2) is 0 Å². The van der Waals surface area contributed by atoms with Crippen molar-refractivity contribution in [1.29, 1.82) is 0 Å². The van der Waals surface area contributed by atoms with Crippen molar-refractivity contribution in [3.05, 3.63) is 305 Å². The first-order valence-corrected chi connectivity index (χ1v) is 21.5. The number of rotatable bonds is 8. The van der Waals surface area contributed by atoms with Gasteiger partial charge < -0.3 is 4.90 Å². The van der Waals surface area contributed by atoms with E-state index in [4.69, 9.17) is 6.85 Å². The molecule has 0 saturated heterocycles. The van der Waals surface area contributed by atoms with E-state index in [1.807, 2.05) is 24.3 Å². The molecule has 0 aliphatic heterocycles. The molecular formula is C62H43N. The van der Waals surface area contributed by atoms with Gasteiger partial charge in [0, 0.05) is 17.1 Å². The van der Waals surface area contributed by atoms with Crippen LogP contribution in [-0.2, 0) is 10.8 Å². The van der Waals surface area contributed by atoms with Gasteiger partial charge in [0.1, 0.15) is 0 Å². The third-order valence-electron chi connectivity index (χ3n) is 13.3. The summed E-state index contributed by atoms with van der Waals surface area (Å²) in [7, 11) is 0. The number of fused-ring (bicyclic) bond motifs is 6. The van der Waals surface area contributed by atoms with Crippen LogP contribution in [0.4, 0.5) is 17.1 Å². The van der Waals surface area contributed by atoms with E-state index in [1.165, 1.54) is 55.6 Å². The fourth-order valence-corrected chi connectivity index (χ4v) is 10.8. The SMILES string of the molecule is [2H]c1c([2H])c([2H])c(-c2ccc(N(c3ccc(C4(c5ccccc5)c5ccccc5-c5ccccc54)cc3)c3ccc(C4(c5ccccc5)c5ccccc5-c5ccccc54)cc3)cc2)c([2H])c1[2H].